The van der Waals surface area contributed by atoms with Crippen LogP contribution in [0.5, 0.6) is 5.75 Å². The molecule has 1 atom stereocenters. The molecule has 3 heterocycles. The minimum absolute atomic E-state index is 0.0842. The number of carbonyl (C=O) groups excluding carboxylic acids is 2. The number of phenolic OH excluding ortho intramolecular Hbond substituents is 1. The topological polar surface area (TPSA) is 124 Å². The second-order valence-corrected chi connectivity index (χ2v) is 6.81. The summed E-state index contributed by atoms with van der Waals surface area (Å²) in [4.78, 5) is 34.7. The highest BCUT2D eigenvalue weighted by molar-refractivity contribution is 6.00. The van der Waals surface area contributed by atoms with Gasteiger partial charge >= 0.3 is 0 Å². The van der Waals surface area contributed by atoms with E-state index < -0.39 is 5.92 Å². The van der Waals surface area contributed by atoms with E-state index in [4.69, 9.17) is 0 Å². The summed E-state index contributed by atoms with van der Waals surface area (Å²) in [6.45, 7) is 0.679. The van der Waals surface area contributed by atoms with E-state index in [0.29, 0.717) is 36.8 Å². The van der Waals surface area contributed by atoms with Gasteiger partial charge in [-0.05, 0) is 24.3 Å². The van der Waals surface area contributed by atoms with Crippen molar-refractivity contribution in [3.05, 3.63) is 54.6 Å². The number of anilines is 1. The Morgan fingerprint density at radius 2 is 2.21 bits per heavy atom. The number of aromatic hydroxyl groups is 1. The van der Waals surface area contributed by atoms with Gasteiger partial charge in [0.05, 0.1) is 5.92 Å². The first kappa shape index (κ1) is 18.6. The second kappa shape index (κ2) is 8.09. The molecule has 1 fully saturated rings. The Hall–Kier alpha value is -3.75. The number of nitrogens with zero attached hydrogens (tertiary/aromatic N) is 4. The molecule has 3 N–H and O–H groups in total. The molecule has 2 amide bonds. The molecule has 0 saturated carbocycles. The van der Waals surface area contributed by atoms with E-state index in [1.165, 1.54) is 17.0 Å². The normalized spacial score (nSPS) is 16.2. The van der Waals surface area contributed by atoms with Crippen molar-refractivity contribution in [3.63, 3.8) is 0 Å². The molecule has 9 nitrogen and oxygen atoms in total. The zero-order chi connectivity index (χ0) is 20.2. The van der Waals surface area contributed by atoms with Crippen molar-refractivity contribution < 1.29 is 14.7 Å². The van der Waals surface area contributed by atoms with Crippen LogP contribution in [0.4, 0.5) is 5.69 Å². The Bertz CT molecular complexity index is 1020. The number of hydrogen-bond donors (Lipinski definition) is 3. The molecule has 9 heteroatoms. The van der Waals surface area contributed by atoms with E-state index >= 15 is 0 Å². The summed E-state index contributed by atoms with van der Waals surface area (Å²) < 4.78 is 0. The van der Waals surface area contributed by atoms with Gasteiger partial charge in [0.25, 0.3) is 0 Å². The summed E-state index contributed by atoms with van der Waals surface area (Å²) in [5.41, 5.74) is 1.41. The van der Waals surface area contributed by atoms with E-state index in [0.717, 1.165) is 5.56 Å². The summed E-state index contributed by atoms with van der Waals surface area (Å²) in [7, 11) is 0. The van der Waals surface area contributed by atoms with E-state index in [1.54, 1.807) is 24.5 Å². The van der Waals surface area contributed by atoms with Gasteiger partial charge in [0.15, 0.2) is 5.82 Å². The molecule has 3 aromatic rings. The number of nitrogens with one attached hydrogen (secondary N) is 2. The first-order valence-electron chi connectivity index (χ1n) is 9.29. The van der Waals surface area contributed by atoms with Crippen LogP contribution in [0.2, 0.25) is 0 Å². The van der Waals surface area contributed by atoms with E-state index in [-0.39, 0.29) is 24.0 Å². The zero-order valence-electron chi connectivity index (χ0n) is 15.6. The third-order valence-electron chi connectivity index (χ3n) is 4.75. The highest BCUT2D eigenvalue weighted by Gasteiger charge is 2.35. The molecule has 0 spiro atoms. The first-order valence-corrected chi connectivity index (χ1v) is 9.29. The van der Waals surface area contributed by atoms with Crippen molar-refractivity contribution in [2.24, 2.45) is 5.92 Å². The monoisotopic (exact) mass is 392 g/mol. The minimum Gasteiger partial charge on any atom is -0.508 e. The first-order chi connectivity index (χ1) is 14.1. The number of hydrogen-bond acceptors (Lipinski definition) is 6. The Balaban J connectivity index is 1.29. The highest BCUT2D eigenvalue weighted by Crippen LogP contribution is 2.27. The van der Waals surface area contributed by atoms with Crippen LogP contribution in [-0.4, -0.2) is 50.2 Å². The Morgan fingerprint density at radius 3 is 3.00 bits per heavy atom. The van der Waals surface area contributed by atoms with E-state index in [2.05, 4.69) is 25.5 Å². The largest absolute Gasteiger partial charge is 0.508 e. The zero-order valence-corrected chi connectivity index (χ0v) is 15.6. The standard InChI is InChI=1S/C20H20N6O3/c27-16-5-1-4-15(10-16)26-12-14(9-18(26)28)20(29)22-8-6-17-23-19(25-24-17)13-3-2-7-21-11-13/h1-5,7,10-11,14,27H,6,8-9,12H2,(H,22,29)(H,23,24,25). The molecular weight excluding hydrogens is 372 g/mol. The third kappa shape index (κ3) is 4.23. The smallest absolute Gasteiger partial charge is 0.227 e. The van der Waals surface area contributed by atoms with Crippen molar-refractivity contribution in [1.29, 1.82) is 0 Å². The van der Waals surface area contributed by atoms with Gasteiger partial charge in [-0.2, -0.15) is 5.10 Å². The molecule has 0 aliphatic carbocycles. The maximum Gasteiger partial charge on any atom is 0.227 e. The lowest BCUT2D eigenvalue weighted by Gasteiger charge is -2.16. The van der Waals surface area contributed by atoms with Gasteiger partial charge in [0, 0.05) is 55.6 Å². The van der Waals surface area contributed by atoms with Crippen LogP contribution in [0.15, 0.2) is 48.8 Å². The Morgan fingerprint density at radius 1 is 1.31 bits per heavy atom. The molecule has 1 aliphatic heterocycles. The summed E-state index contributed by atoms with van der Waals surface area (Å²) >= 11 is 0. The fourth-order valence-corrected chi connectivity index (χ4v) is 3.27. The summed E-state index contributed by atoms with van der Waals surface area (Å²) in [5, 5.41) is 19.5. The molecule has 1 aliphatic rings. The van der Waals surface area contributed by atoms with E-state index in [9.17, 15) is 14.7 Å². The van der Waals surface area contributed by atoms with E-state index in [1.807, 2.05) is 12.1 Å². The van der Waals surface area contributed by atoms with Gasteiger partial charge in [-0.15, -0.1) is 0 Å². The predicted octanol–water partition coefficient (Wildman–Crippen LogP) is 1.28. The predicted molar refractivity (Wildman–Crippen MR) is 105 cm³/mol. The Labute approximate surface area is 166 Å². The molecule has 1 saturated heterocycles. The maximum atomic E-state index is 12.5. The summed E-state index contributed by atoms with van der Waals surface area (Å²) in [6, 6.07) is 10.1. The average molecular weight is 392 g/mol. The molecule has 0 radical (unpaired) electrons. The van der Waals surface area contributed by atoms with Crippen LogP contribution in [0.1, 0.15) is 12.2 Å². The van der Waals surface area contributed by atoms with Crippen LogP contribution in [0.3, 0.4) is 0 Å². The minimum atomic E-state index is -0.425. The van der Waals surface area contributed by atoms with Gasteiger partial charge in [0.2, 0.25) is 11.8 Å². The number of H-pyrrole nitrogens is 1. The number of pyridine rings is 1. The highest BCUT2D eigenvalue weighted by atomic mass is 16.3. The third-order valence-corrected chi connectivity index (χ3v) is 4.75. The van der Waals surface area contributed by atoms with Crippen LogP contribution >= 0.6 is 0 Å². The summed E-state index contributed by atoms with van der Waals surface area (Å²) in [6.07, 6.45) is 4.01. The fraction of sp³-hybridized carbons (Fsp3) is 0.250. The van der Waals surface area contributed by atoms with Crippen LogP contribution in [0, 0.1) is 5.92 Å². The number of rotatable bonds is 6. The quantitative estimate of drug-likeness (QED) is 0.581. The molecular formula is C20H20N6O3. The van der Waals surface area contributed by atoms with Gasteiger partial charge < -0.3 is 15.3 Å². The molecule has 1 unspecified atom stereocenters. The number of amides is 2. The maximum absolute atomic E-state index is 12.5. The van der Waals surface area contributed by atoms with Crippen molar-refractivity contribution in [3.8, 4) is 17.1 Å². The lowest BCUT2D eigenvalue weighted by molar-refractivity contribution is -0.126. The van der Waals surface area contributed by atoms with Crippen molar-refractivity contribution in [2.45, 2.75) is 12.8 Å². The molecule has 4 rings (SSSR count). The fourth-order valence-electron chi connectivity index (χ4n) is 3.27. The van der Waals surface area contributed by atoms with Crippen LogP contribution in [-0.2, 0) is 16.0 Å². The number of aromatic amines is 1. The molecule has 1 aromatic carbocycles. The second-order valence-electron chi connectivity index (χ2n) is 6.81. The van der Waals surface area contributed by atoms with Gasteiger partial charge in [0.1, 0.15) is 11.6 Å². The molecule has 0 bridgehead atoms. The van der Waals surface area contributed by atoms with Crippen LogP contribution in [0.25, 0.3) is 11.4 Å². The SMILES string of the molecule is O=C(NCCc1nc(-c2cccnc2)n[nH]1)C1CC(=O)N(c2cccc(O)c2)C1. The van der Waals surface area contributed by atoms with Crippen molar-refractivity contribution >= 4 is 17.5 Å². The van der Waals surface area contributed by atoms with Gasteiger partial charge in [-0.3, -0.25) is 19.7 Å². The van der Waals surface area contributed by atoms with Gasteiger partial charge in [-0.25, -0.2) is 4.98 Å². The number of benzene rings is 1. The average Bonchev–Trinajstić information content (AvgIpc) is 3.35. The lowest BCUT2D eigenvalue weighted by atomic mass is 10.1. The van der Waals surface area contributed by atoms with Crippen molar-refractivity contribution in [2.75, 3.05) is 18.0 Å². The summed E-state index contributed by atoms with van der Waals surface area (Å²) in [5.74, 6) is 0.571. The van der Waals surface area contributed by atoms with Crippen molar-refractivity contribution in [1.82, 2.24) is 25.5 Å². The number of aromatic nitrogens is 4. The van der Waals surface area contributed by atoms with Crippen LogP contribution < -0.4 is 10.2 Å². The van der Waals surface area contributed by atoms with Gasteiger partial charge in [-0.1, -0.05) is 6.07 Å². The number of carbonyl (C=O) groups is 2. The molecule has 148 valence electrons. The molecule has 29 heavy (non-hydrogen) atoms. The number of phenols is 1. The molecule has 2 aromatic heterocycles. The Kier molecular flexibility index (Phi) is 5.19. The lowest BCUT2D eigenvalue weighted by Crippen LogP contribution is -2.34.